The van der Waals surface area contributed by atoms with Gasteiger partial charge >= 0.3 is 0 Å². The minimum absolute atomic E-state index is 0.180. The molecular formula is C14H15P. The summed E-state index contributed by atoms with van der Waals surface area (Å²) in [5.41, 5.74) is 4.66. The normalized spacial score (nSPS) is 19.5. The zero-order valence-corrected chi connectivity index (χ0v) is 10.1. The second-order valence-corrected chi connectivity index (χ2v) is 6.89. The van der Waals surface area contributed by atoms with Crippen LogP contribution < -0.4 is 0 Å². The summed E-state index contributed by atoms with van der Waals surface area (Å²) in [5.74, 6) is 0. The van der Waals surface area contributed by atoms with E-state index >= 15 is 0 Å². The van der Waals surface area contributed by atoms with Crippen LogP contribution in [0.3, 0.4) is 0 Å². The second-order valence-electron chi connectivity index (χ2n) is 4.55. The van der Waals surface area contributed by atoms with Crippen LogP contribution in [-0.2, 0) is 12.3 Å². The maximum Gasteiger partial charge on any atom is -0.00637 e. The molecule has 3 rings (SSSR count). The standard InChI is InChI=1S/C14H15P/c1-10-6-7-11-4-3-5-12-8-15(2)9-13(10)14(11)12/h3-7H,8-9H2,1-2H3. The van der Waals surface area contributed by atoms with Gasteiger partial charge in [0.05, 0.1) is 0 Å². The molecule has 1 aliphatic heterocycles. The molecule has 1 heteroatoms. The van der Waals surface area contributed by atoms with Gasteiger partial charge in [-0.2, -0.15) is 0 Å². The van der Waals surface area contributed by atoms with Crippen LogP contribution in [0, 0.1) is 6.92 Å². The number of aryl methyl sites for hydroxylation is 1. The number of rotatable bonds is 0. The van der Waals surface area contributed by atoms with Crippen LogP contribution >= 0.6 is 7.92 Å². The Morgan fingerprint density at radius 1 is 1.07 bits per heavy atom. The van der Waals surface area contributed by atoms with Crippen LogP contribution in [0.25, 0.3) is 10.8 Å². The first-order valence-electron chi connectivity index (χ1n) is 5.44. The molecule has 0 aromatic heterocycles. The lowest BCUT2D eigenvalue weighted by Crippen LogP contribution is -2.01. The average molecular weight is 214 g/mol. The van der Waals surface area contributed by atoms with Crippen LogP contribution in [0.5, 0.6) is 0 Å². The Hall–Kier alpha value is -0.870. The SMILES string of the molecule is Cc1ccc2cccc3c2c1CP(C)C3. The molecule has 0 spiro atoms. The summed E-state index contributed by atoms with van der Waals surface area (Å²) in [7, 11) is 0.180. The molecule has 1 heterocycles. The van der Waals surface area contributed by atoms with Gasteiger partial charge in [-0.25, -0.2) is 0 Å². The molecule has 2 aromatic rings. The lowest BCUT2D eigenvalue weighted by atomic mass is 9.97. The first-order valence-corrected chi connectivity index (χ1v) is 7.60. The molecule has 0 fully saturated rings. The predicted molar refractivity (Wildman–Crippen MR) is 68.9 cm³/mol. The Balaban J connectivity index is 2.43. The summed E-state index contributed by atoms with van der Waals surface area (Å²) in [6.07, 6.45) is 2.62. The van der Waals surface area contributed by atoms with Crippen LogP contribution in [0.1, 0.15) is 16.7 Å². The minimum atomic E-state index is 0.180. The van der Waals surface area contributed by atoms with Crippen molar-refractivity contribution in [2.75, 3.05) is 6.66 Å². The maximum absolute atomic E-state index is 2.42. The van der Waals surface area contributed by atoms with Gasteiger partial charge in [-0.3, -0.25) is 0 Å². The lowest BCUT2D eigenvalue weighted by Gasteiger charge is -2.24. The summed E-state index contributed by atoms with van der Waals surface area (Å²) in [5, 5.41) is 2.98. The highest BCUT2D eigenvalue weighted by atomic mass is 31.1. The van der Waals surface area contributed by atoms with Gasteiger partial charge in [0.15, 0.2) is 0 Å². The van der Waals surface area contributed by atoms with E-state index in [0.717, 1.165) is 0 Å². The van der Waals surface area contributed by atoms with Crippen molar-refractivity contribution in [2.45, 2.75) is 19.2 Å². The second kappa shape index (κ2) is 3.32. The zero-order valence-electron chi connectivity index (χ0n) is 9.25. The molecule has 0 aliphatic carbocycles. The zero-order chi connectivity index (χ0) is 10.4. The summed E-state index contributed by atoms with van der Waals surface area (Å²) in [6.45, 7) is 4.67. The van der Waals surface area contributed by atoms with E-state index in [1.54, 1.807) is 16.5 Å². The highest BCUT2D eigenvalue weighted by Crippen LogP contribution is 2.48. The van der Waals surface area contributed by atoms with Gasteiger partial charge in [-0.15, -0.1) is 7.92 Å². The van der Waals surface area contributed by atoms with Crippen molar-refractivity contribution < 1.29 is 0 Å². The van der Waals surface area contributed by atoms with Gasteiger partial charge in [0.25, 0.3) is 0 Å². The van der Waals surface area contributed by atoms with Crippen molar-refractivity contribution in [3.8, 4) is 0 Å². The van der Waals surface area contributed by atoms with E-state index in [0.29, 0.717) is 0 Å². The van der Waals surface area contributed by atoms with E-state index in [1.807, 2.05) is 0 Å². The van der Waals surface area contributed by atoms with Crippen molar-refractivity contribution in [1.82, 2.24) is 0 Å². The molecule has 2 aromatic carbocycles. The Morgan fingerprint density at radius 3 is 2.80 bits per heavy atom. The van der Waals surface area contributed by atoms with Crippen molar-refractivity contribution in [3.63, 3.8) is 0 Å². The first-order chi connectivity index (χ1) is 7.25. The van der Waals surface area contributed by atoms with Crippen molar-refractivity contribution in [2.24, 2.45) is 0 Å². The van der Waals surface area contributed by atoms with Gasteiger partial charge in [0.1, 0.15) is 0 Å². The smallest absolute Gasteiger partial charge is 0.00637 e. The summed E-state index contributed by atoms with van der Waals surface area (Å²) < 4.78 is 0. The van der Waals surface area contributed by atoms with E-state index in [4.69, 9.17) is 0 Å². The summed E-state index contributed by atoms with van der Waals surface area (Å²) in [4.78, 5) is 0. The van der Waals surface area contributed by atoms with Gasteiger partial charge in [0.2, 0.25) is 0 Å². The molecule has 0 radical (unpaired) electrons. The van der Waals surface area contributed by atoms with E-state index in [-0.39, 0.29) is 7.92 Å². The van der Waals surface area contributed by atoms with Gasteiger partial charge in [-0.05, 0) is 53.4 Å². The molecule has 0 nitrogen and oxygen atoms in total. The van der Waals surface area contributed by atoms with Crippen molar-refractivity contribution in [1.29, 1.82) is 0 Å². The third-order valence-electron chi connectivity index (χ3n) is 3.34. The van der Waals surface area contributed by atoms with Gasteiger partial charge < -0.3 is 0 Å². The number of hydrogen-bond acceptors (Lipinski definition) is 0. The summed E-state index contributed by atoms with van der Waals surface area (Å²) in [6, 6.07) is 11.3. The molecule has 1 atom stereocenters. The molecule has 0 amide bonds. The maximum atomic E-state index is 2.42. The van der Waals surface area contributed by atoms with E-state index in [1.165, 1.54) is 23.3 Å². The third kappa shape index (κ3) is 1.40. The van der Waals surface area contributed by atoms with E-state index < -0.39 is 0 Å². The van der Waals surface area contributed by atoms with Crippen LogP contribution in [0.15, 0.2) is 30.3 Å². The highest BCUT2D eigenvalue weighted by molar-refractivity contribution is 7.55. The Kier molecular flexibility index (Phi) is 2.07. The van der Waals surface area contributed by atoms with Crippen LogP contribution in [-0.4, -0.2) is 6.66 Å². The molecule has 0 saturated heterocycles. The third-order valence-corrected chi connectivity index (χ3v) is 5.08. The largest absolute Gasteiger partial charge is 0.101 e. The van der Waals surface area contributed by atoms with Crippen molar-refractivity contribution >= 4 is 18.7 Å². The van der Waals surface area contributed by atoms with Gasteiger partial charge in [0, 0.05) is 0 Å². The number of benzene rings is 2. The van der Waals surface area contributed by atoms with Crippen molar-refractivity contribution in [3.05, 3.63) is 47.0 Å². The molecule has 76 valence electrons. The molecular weight excluding hydrogens is 199 g/mol. The molecule has 1 unspecified atom stereocenters. The minimum Gasteiger partial charge on any atom is -0.101 e. The first kappa shape index (κ1) is 9.36. The van der Waals surface area contributed by atoms with E-state index in [9.17, 15) is 0 Å². The Bertz CT molecular complexity index is 528. The van der Waals surface area contributed by atoms with Gasteiger partial charge in [-0.1, -0.05) is 30.3 Å². The van der Waals surface area contributed by atoms with Crippen LogP contribution in [0.4, 0.5) is 0 Å². The Morgan fingerprint density at radius 2 is 1.93 bits per heavy atom. The predicted octanol–water partition coefficient (Wildman–Crippen LogP) is 4.27. The lowest BCUT2D eigenvalue weighted by molar-refractivity contribution is 1.26. The molecule has 0 saturated carbocycles. The number of hydrogen-bond donors (Lipinski definition) is 0. The topological polar surface area (TPSA) is 0 Å². The molecule has 15 heavy (non-hydrogen) atoms. The molecule has 0 N–H and O–H groups in total. The monoisotopic (exact) mass is 214 g/mol. The quantitative estimate of drug-likeness (QED) is 0.574. The fourth-order valence-electron chi connectivity index (χ4n) is 2.59. The van der Waals surface area contributed by atoms with E-state index in [2.05, 4.69) is 43.9 Å². The fourth-order valence-corrected chi connectivity index (χ4v) is 4.50. The fraction of sp³-hybridized carbons (Fsp3) is 0.286. The molecule has 0 bridgehead atoms. The van der Waals surface area contributed by atoms with Crippen LogP contribution in [0.2, 0.25) is 0 Å². The Labute approximate surface area is 92.1 Å². The molecule has 1 aliphatic rings. The highest BCUT2D eigenvalue weighted by Gasteiger charge is 2.18. The average Bonchev–Trinajstić information content (AvgIpc) is 2.23. The summed E-state index contributed by atoms with van der Waals surface area (Å²) >= 11 is 0.